The van der Waals surface area contributed by atoms with E-state index < -0.39 is 0 Å². The number of nitrogens with zero attached hydrogens (tertiary/aromatic N) is 1. The van der Waals surface area contributed by atoms with Crippen LogP contribution in [-0.4, -0.2) is 15.1 Å². The van der Waals surface area contributed by atoms with E-state index >= 15 is 0 Å². The van der Waals surface area contributed by atoms with Gasteiger partial charge in [-0.1, -0.05) is 24.3 Å². The topological polar surface area (TPSA) is 66.0 Å². The normalized spacial score (nSPS) is 10.8. The van der Waals surface area contributed by atoms with Crippen molar-refractivity contribution in [1.82, 2.24) is 9.97 Å². The summed E-state index contributed by atoms with van der Waals surface area (Å²) in [5, 5.41) is 9.36. The minimum atomic E-state index is -0.0905. The number of aliphatic hydroxyl groups excluding tert-OH is 1. The molecule has 3 rings (SSSR count). The highest BCUT2D eigenvalue weighted by molar-refractivity contribution is 5.74. The smallest absolute Gasteiger partial charge is 0.197 e. The fourth-order valence-corrected chi connectivity index (χ4v) is 2.20. The van der Waals surface area contributed by atoms with Gasteiger partial charge in [0.15, 0.2) is 5.43 Å². The zero-order chi connectivity index (χ0) is 13.2. The molecule has 1 aliphatic carbocycles. The molecule has 0 fully saturated rings. The van der Waals surface area contributed by atoms with Crippen molar-refractivity contribution in [2.24, 2.45) is 0 Å². The summed E-state index contributed by atoms with van der Waals surface area (Å²) < 4.78 is 0. The monoisotopic (exact) mass is 252 g/mol. The molecule has 1 aromatic carbocycles. The fraction of sp³-hybridized carbons (Fsp3) is 0.0667. The van der Waals surface area contributed by atoms with Crippen LogP contribution < -0.4 is 5.43 Å². The average molecular weight is 252 g/mol. The van der Waals surface area contributed by atoms with Crippen molar-refractivity contribution in [2.75, 3.05) is 0 Å². The van der Waals surface area contributed by atoms with Crippen LogP contribution in [0.15, 0.2) is 53.7 Å². The Balaban J connectivity index is 2.30. The van der Waals surface area contributed by atoms with Gasteiger partial charge in [-0.3, -0.25) is 4.79 Å². The van der Waals surface area contributed by atoms with E-state index in [-0.39, 0.29) is 12.0 Å². The van der Waals surface area contributed by atoms with Crippen molar-refractivity contribution in [3.05, 3.63) is 64.7 Å². The lowest BCUT2D eigenvalue weighted by atomic mass is 9.96. The van der Waals surface area contributed by atoms with Gasteiger partial charge in [0, 0.05) is 11.8 Å². The third-order valence-electron chi connectivity index (χ3n) is 3.16. The molecular formula is C15H12N2O2. The largest absolute Gasteiger partial charge is 0.392 e. The third-order valence-corrected chi connectivity index (χ3v) is 3.16. The number of aliphatic hydroxyl groups is 1. The lowest BCUT2D eigenvalue weighted by molar-refractivity contribution is 0.282. The van der Waals surface area contributed by atoms with Crippen molar-refractivity contribution < 1.29 is 5.11 Å². The number of aromatic amines is 1. The van der Waals surface area contributed by atoms with Gasteiger partial charge >= 0.3 is 0 Å². The van der Waals surface area contributed by atoms with Gasteiger partial charge in [-0.25, -0.2) is 4.98 Å². The molecule has 0 radical (unpaired) electrons. The molecule has 2 aliphatic rings. The number of fused-ring (bicyclic) bond motifs is 1. The lowest BCUT2D eigenvalue weighted by Crippen LogP contribution is -2.10. The Morgan fingerprint density at radius 2 is 1.89 bits per heavy atom. The van der Waals surface area contributed by atoms with E-state index in [1.807, 2.05) is 30.3 Å². The van der Waals surface area contributed by atoms with Crippen LogP contribution in [0.1, 0.15) is 5.56 Å². The second kappa shape index (κ2) is 4.66. The zero-order valence-electron chi connectivity index (χ0n) is 10.1. The second-order valence-electron chi connectivity index (χ2n) is 4.26. The molecule has 0 spiro atoms. The first kappa shape index (κ1) is 11.6. The van der Waals surface area contributed by atoms with E-state index in [1.165, 1.54) is 0 Å². The van der Waals surface area contributed by atoms with E-state index in [0.717, 1.165) is 11.1 Å². The van der Waals surface area contributed by atoms with Crippen LogP contribution in [0.4, 0.5) is 0 Å². The molecule has 1 aromatic rings. The van der Waals surface area contributed by atoms with Crippen molar-refractivity contribution in [1.29, 1.82) is 0 Å². The molecule has 19 heavy (non-hydrogen) atoms. The molecule has 0 atom stereocenters. The molecule has 94 valence electrons. The molecule has 0 aromatic heterocycles. The van der Waals surface area contributed by atoms with Crippen LogP contribution >= 0.6 is 0 Å². The van der Waals surface area contributed by atoms with Crippen molar-refractivity contribution in [2.45, 2.75) is 6.61 Å². The van der Waals surface area contributed by atoms with E-state index in [1.54, 1.807) is 18.6 Å². The summed E-state index contributed by atoms with van der Waals surface area (Å²) in [4.78, 5) is 19.4. The van der Waals surface area contributed by atoms with Gasteiger partial charge in [-0.15, -0.1) is 0 Å². The Morgan fingerprint density at radius 3 is 2.74 bits per heavy atom. The van der Waals surface area contributed by atoms with Crippen molar-refractivity contribution in [3.8, 4) is 22.4 Å². The van der Waals surface area contributed by atoms with Gasteiger partial charge in [-0.2, -0.15) is 0 Å². The number of hydrogen-bond acceptors (Lipinski definition) is 3. The highest BCUT2D eigenvalue weighted by Crippen LogP contribution is 2.24. The standard InChI is InChI=1S/C15H12N2O2/c18-8-10-3-1-2-4-11(10)12-5-6-14-13(15(12)19)7-16-9-17-14/h1-7,9,18H,8H2,(H,16,17). The molecule has 2 N–H and O–H groups in total. The third kappa shape index (κ3) is 1.92. The summed E-state index contributed by atoms with van der Waals surface area (Å²) in [6, 6.07) is 10.9. The Labute approximate surface area is 109 Å². The fourth-order valence-electron chi connectivity index (χ4n) is 2.20. The predicted octanol–water partition coefficient (Wildman–Crippen LogP) is 2.03. The molecule has 0 saturated heterocycles. The first-order valence-corrected chi connectivity index (χ1v) is 5.96. The van der Waals surface area contributed by atoms with Crippen LogP contribution in [0.2, 0.25) is 0 Å². The van der Waals surface area contributed by atoms with Crippen LogP contribution in [0.5, 0.6) is 0 Å². The van der Waals surface area contributed by atoms with Crippen LogP contribution in [0.3, 0.4) is 0 Å². The maximum absolute atomic E-state index is 12.5. The maximum Gasteiger partial charge on any atom is 0.197 e. The number of aromatic nitrogens is 2. The van der Waals surface area contributed by atoms with Crippen LogP contribution in [0, 0.1) is 0 Å². The van der Waals surface area contributed by atoms with E-state index in [4.69, 9.17) is 0 Å². The summed E-state index contributed by atoms with van der Waals surface area (Å²) in [5.41, 5.74) is 3.22. The average Bonchev–Trinajstić information content (AvgIpc) is 2.48. The summed E-state index contributed by atoms with van der Waals surface area (Å²) >= 11 is 0. The first-order valence-electron chi connectivity index (χ1n) is 5.96. The summed E-state index contributed by atoms with van der Waals surface area (Å²) in [6.07, 6.45) is 3.19. The van der Waals surface area contributed by atoms with Crippen molar-refractivity contribution >= 4 is 0 Å². The predicted molar refractivity (Wildman–Crippen MR) is 72.8 cm³/mol. The highest BCUT2D eigenvalue weighted by atomic mass is 16.3. The minimum Gasteiger partial charge on any atom is -0.392 e. The molecule has 1 heterocycles. The van der Waals surface area contributed by atoms with Crippen LogP contribution in [-0.2, 0) is 6.61 Å². The number of rotatable bonds is 2. The zero-order valence-corrected chi connectivity index (χ0v) is 10.1. The van der Waals surface area contributed by atoms with E-state index in [9.17, 15) is 9.90 Å². The summed E-state index contributed by atoms with van der Waals surface area (Å²) in [6.45, 7) is -0.0905. The molecule has 4 heteroatoms. The second-order valence-corrected chi connectivity index (χ2v) is 4.26. The summed E-state index contributed by atoms with van der Waals surface area (Å²) in [7, 11) is 0. The molecular weight excluding hydrogens is 240 g/mol. The number of nitrogens with one attached hydrogen (secondary N) is 1. The van der Waals surface area contributed by atoms with Gasteiger partial charge in [0.25, 0.3) is 0 Å². The number of benzene rings is 2. The minimum absolute atomic E-state index is 0.0808. The van der Waals surface area contributed by atoms with E-state index in [2.05, 4.69) is 9.97 Å². The lowest BCUT2D eigenvalue weighted by Gasteiger charge is -2.09. The molecule has 0 unspecified atom stereocenters. The Morgan fingerprint density at radius 1 is 1.05 bits per heavy atom. The van der Waals surface area contributed by atoms with Gasteiger partial charge in [-0.05, 0) is 23.3 Å². The van der Waals surface area contributed by atoms with Gasteiger partial charge in [0.1, 0.15) is 0 Å². The number of H-pyrrole nitrogens is 1. The van der Waals surface area contributed by atoms with Gasteiger partial charge in [0.2, 0.25) is 0 Å². The highest BCUT2D eigenvalue weighted by Gasteiger charge is 2.13. The SMILES string of the molecule is O=c1c2c[nH]cnc-2ccc1-c1ccccc1CO. The first-order chi connectivity index (χ1) is 9.31. The maximum atomic E-state index is 12.5. The van der Waals surface area contributed by atoms with E-state index in [0.29, 0.717) is 16.8 Å². The molecule has 0 amide bonds. The number of hydrogen-bond donors (Lipinski definition) is 2. The molecule has 4 nitrogen and oxygen atoms in total. The van der Waals surface area contributed by atoms with Gasteiger partial charge < -0.3 is 10.1 Å². The molecule has 1 aliphatic heterocycles. The quantitative estimate of drug-likeness (QED) is 0.733. The Hall–Kier alpha value is -2.46. The summed E-state index contributed by atoms with van der Waals surface area (Å²) in [5.74, 6) is 0. The Bertz CT molecular complexity index is 749. The molecule has 0 saturated carbocycles. The molecule has 0 bridgehead atoms. The van der Waals surface area contributed by atoms with Gasteiger partial charge in [0.05, 0.1) is 24.2 Å². The Kier molecular flexibility index (Phi) is 2.85. The van der Waals surface area contributed by atoms with Crippen molar-refractivity contribution in [3.63, 3.8) is 0 Å². The van der Waals surface area contributed by atoms with Crippen LogP contribution in [0.25, 0.3) is 22.4 Å².